The van der Waals surface area contributed by atoms with Gasteiger partial charge in [0.25, 0.3) is 0 Å². The largest absolute Gasteiger partial charge is 0.504 e. The van der Waals surface area contributed by atoms with E-state index in [2.05, 4.69) is 5.32 Å². The quantitative estimate of drug-likeness (QED) is 0.253. The summed E-state index contributed by atoms with van der Waals surface area (Å²) < 4.78 is 0. The summed E-state index contributed by atoms with van der Waals surface area (Å²) >= 11 is 0. The molecule has 0 aliphatic carbocycles. The van der Waals surface area contributed by atoms with E-state index in [-0.39, 0.29) is 24.0 Å². The molecule has 0 aliphatic rings. The van der Waals surface area contributed by atoms with Crippen LogP contribution in [0.5, 0.6) is 11.5 Å². The van der Waals surface area contributed by atoms with Crippen molar-refractivity contribution in [2.24, 2.45) is 5.73 Å². The van der Waals surface area contributed by atoms with Crippen molar-refractivity contribution in [2.75, 3.05) is 0 Å². The molecule has 0 aliphatic heterocycles. The molecule has 13 heavy (non-hydrogen) atoms. The number of hydrogen-bond acceptors (Lipinski definition) is 3. The highest BCUT2D eigenvalue weighted by Gasteiger charge is 2.04. The molecular weight excluding hydrogens is 170 g/mol. The van der Waals surface area contributed by atoms with E-state index >= 15 is 0 Å². The fraction of sp³-hybridized carbons (Fsp3) is 0.125. The van der Waals surface area contributed by atoms with Crippen molar-refractivity contribution in [2.45, 2.75) is 6.54 Å². The van der Waals surface area contributed by atoms with Crippen LogP contribution in [0.3, 0.4) is 0 Å². The first-order chi connectivity index (χ1) is 6.11. The van der Waals surface area contributed by atoms with E-state index in [0.717, 1.165) is 0 Å². The molecule has 0 radical (unpaired) electrons. The first-order valence-electron chi connectivity index (χ1n) is 3.69. The number of rotatable bonds is 2. The van der Waals surface area contributed by atoms with Gasteiger partial charge in [0.15, 0.2) is 17.5 Å². The predicted octanol–water partition coefficient (Wildman–Crippen LogP) is 0.0809. The molecule has 0 aromatic heterocycles. The van der Waals surface area contributed by atoms with E-state index < -0.39 is 0 Å². The van der Waals surface area contributed by atoms with Crippen molar-refractivity contribution in [3.8, 4) is 11.5 Å². The highest BCUT2D eigenvalue weighted by molar-refractivity contribution is 5.74. The van der Waals surface area contributed by atoms with Gasteiger partial charge in [-0.15, -0.1) is 0 Å². The molecule has 5 nitrogen and oxygen atoms in total. The number of benzene rings is 1. The van der Waals surface area contributed by atoms with Crippen LogP contribution in [0.1, 0.15) is 5.56 Å². The lowest BCUT2D eigenvalue weighted by molar-refractivity contribution is 0.399. The van der Waals surface area contributed by atoms with Crippen molar-refractivity contribution in [3.63, 3.8) is 0 Å². The normalized spacial score (nSPS) is 9.54. The van der Waals surface area contributed by atoms with E-state index in [1.807, 2.05) is 0 Å². The summed E-state index contributed by atoms with van der Waals surface area (Å²) in [6, 6.07) is 4.61. The first kappa shape index (κ1) is 9.18. The van der Waals surface area contributed by atoms with Crippen molar-refractivity contribution in [3.05, 3.63) is 23.8 Å². The topological polar surface area (TPSA) is 102 Å². The van der Waals surface area contributed by atoms with Crippen LogP contribution in [0, 0.1) is 5.41 Å². The van der Waals surface area contributed by atoms with Gasteiger partial charge in [0, 0.05) is 12.1 Å². The Labute approximate surface area is 75.3 Å². The predicted molar refractivity (Wildman–Crippen MR) is 48.5 cm³/mol. The van der Waals surface area contributed by atoms with Gasteiger partial charge in [-0.3, -0.25) is 5.41 Å². The van der Waals surface area contributed by atoms with Gasteiger partial charge in [-0.1, -0.05) is 12.1 Å². The molecule has 1 aromatic carbocycles. The minimum absolute atomic E-state index is 0.178. The molecule has 0 fully saturated rings. The summed E-state index contributed by atoms with van der Waals surface area (Å²) in [5.41, 5.74) is 5.55. The Kier molecular flexibility index (Phi) is 2.59. The first-order valence-corrected chi connectivity index (χ1v) is 3.69. The van der Waals surface area contributed by atoms with Gasteiger partial charge < -0.3 is 21.3 Å². The number of nitrogens with one attached hydrogen (secondary N) is 2. The Hall–Kier alpha value is -1.91. The second-order valence-electron chi connectivity index (χ2n) is 2.55. The van der Waals surface area contributed by atoms with Gasteiger partial charge in [-0.25, -0.2) is 0 Å². The Morgan fingerprint density at radius 3 is 2.77 bits per heavy atom. The molecule has 0 saturated carbocycles. The molecule has 0 amide bonds. The van der Waals surface area contributed by atoms with E-state index in [4.69, 9.17) is 16.2 Å². The average molecular weight is 181 g/mol. The summed E-state index contributed by atoms with van der Waals surface area (Å²) in [4.78, 5) is 0. The molecule has 0 spiro atoms. The fourth-order valence-corrected chi connectivity index (χ4v) is 0.911. The number of aromatic hydroxyl groups is 2. The number of nitrogens with two attached hydrogens (primary N) is 1. The third kappa shape index (κ3) is 2.26. The maximum Gasteiger partial charge on any atom is 0.185 e. The second kappa shape index (κ2) is 3.66. The van der Waals surface area contributed by atoms with Gasteiger partial charge in [0.2, 0.25) is 0 Å². The van der Waals surface area contributed by atoms with Crippen LogP contribution in [0.15, 0.2) is 18.2 Å². The molecule has 0 heterocycles. The van der Waals surface area contributed by atoms with Crippen LogP contribution < -0.4 is 11.1 Å². The molecule has 1 rings (SSSR count). The van der Waals surface area contributed by atoms with Crippen LogP contribution in [-0.4, -0.2) is 16.2 Å². The third-order valence-electron chi connectivity index (χ3n) is 1.57. The summed E-state index contributed by atoms with van der Waals surface area (Å²) in [6.45, 7) is 0.218. The minimum atomic E-state index is -0.184. The van der Waals surface area contributed by atoms with Gasteiger partial charge >= 0.3 is 0 Å². The van der Waals surface area contributed by atoms with E-state index in [9.17, 15) is 5.11 Å². The SMILES string of the molecule is N=C(N)NCc1cccc(O)c1O. The number of guanidine groups is 1. The Morgan fingerprint density at radius 2 is 2.15 bits per heavy atom. The fourth-order valence-electron chi connectivity index (χ4n) is 0.911. The van der Waals surface area contributed by atoms with E-state index in [0.29, 0.717) is 5.56 Å². The van der Waals surface area contributed by atoms with Crippen molar-refractivity contribution in [1.82, 2.24) is 5.32 Å². The van der Waals surface area contributed by atoms with Crippen LogP contribution in [0.25, 0.3) is 0 Å². The Morgan fingerprint density at radius 1 is 1.46 bits per heavy atom. The van der Waals surface area contributed by atoms with Gasteiger partial charge in [0.05, 0.1) is 0 Å². The summed E-state index contributed by atoms with van der Waals surface area (Å²) in [5.74, 6) is -0.540. The molecule has 6 N–H and O–H groups in total. The molecule has 0 saturated heterocycles. The van der Waals surface area contributed by atoms with Gasteiger partial charge in [0.1, 0.15) is 0 Å². The molecule has 0 atom stereocenters. The standard InChI is InChI=1S/C8H11N3O2/c9-8(10)11-4-5-2-1-3-6(12)7(5)13/h1-3,12-13H,4H2,(H4,9,10,11). The zero-order valence-corrected chi connectivity index (χ0v) is 6.91. The lowest BCUT2D eigenvalue weighted by Crippen LogP contribution is -2.29. The van der Waals surface area contributed by atoms with Crippen molar-refractivity contribution < 1.29 is 10.2 Å². The molecule has 0 bridgehead atoms. The molecule has 0 unspecified atom stereocenters. The van der Waals surface area contributed by atoms with Crippen LogP contribution >= 0.6 is 0 Å². The molecule has 1 aromatic rings. The van der Waals surface area contributed by atoms with Crippen LogP contribution in [0.2, 0.25) is 0 Å². The molecule has 70 valence electrons. The zero-order valence-electron chi connectivity index (χ0n) is 6.91. The lowest BCUT2D eigenvalue weighted by Gasteiger charge is -2.06. The minimum Gasteiger partial charge on any atom is -0.504 e. The molecular formula is C8H11N3O2. The lowest BCUT2D eigenvalue weighted by atomic mass is 10.2. The third-order valence-corrected chi connectivity index (χ3v) is 1.57. The van der Waals surface area contributed by atoms with Crippen molar-refractivity contribution >= 4 is 5.96 Å². The van der Waals surface area contributed by atoms with Crippen LogP contribution in [-0.2, 0) is 6.54 Å². The Bertz CT molecular complexity index is 325. The summed E-state index contributed by atoms with van der Waals surface area (Å²) in [7, 11) is 0. The highest BCUT2D eigenvalue weighted by atomic mass is 16.3. The highest BCUT2D eigenvalue weighted by Crippen LogP contribution is 2.27. The Balaban J connectivity index is 2.77. The number of hydrogen-bond donors (Lipinski definition) is 5. The maximum absolute atomic E-state index is 9.31. The average Bonchev–Trinajstić information content (AvgIpc) is 2.07. The summed E-state index contributed by atoms with van der Waals surface area (Å²) in [6.07, 6.45) is 0. The van der Waals surface area contributed by atoms with Gasteiger partial charge in [-0.05, 0) is 6.07 Å². The van der Waals surface area contributed by atoms with E-state index in [1.54, 1.807) is 12.1 Å². The second-order valence-corrected chi connectivity index (χ2v) is 2.55. The zero-order chi connectivity index (χ0) is 9.84. The number of phenolic OH excluding ortho intramolecular Hbond substituents is 2. The summed E-state index contributed by atoms with van der Waals surface area (Å²) in [5, 5.41) is 27.8. The van der Waals surface area contributed by atoms with Gasteiger partial charge in [-0.2, -0.15) is 0 Å². The smallest absolute Gasteiger partial charge is 0.185 e. The van der Waals surface area contributed by atoms with E-state index in [1.165, 1.54) is 6.07 Å². The maximum atomic E-state index is 9.31. The molecule has 5 heteroatoms. The monoisotopic (exact) mass is 181 g/mol. The number of para-hydroxylation sites is 1. The van der Waals surface area contributed by atoms with Crippen LogP contribution in [0.4, 0.5) is 0 Å². The van der Waals surface area contributed by atoms with Crippen molar-refractivity contribution in [1.29, 1.82) is 5.41 Å². The number of phenols is 2.